The molecule has 0 saturated carbocycles. The third-order valence-corrected chi connectivity index (χ3v) is 4.00. The topological polar surface area (TPSA) is 70.2 Å². The number of hydrogen-bond acceptors (Lipinski definition) is 3. The van der Waals surface area contributed by atoms with Gasteiger partial charge in [0.1, 0.15) is 5.82 Å². The van der Waals surface area contributed by atoms with E-state index in [0.29, 0.717) is 23.5 Å². The van der Waals surface area contributed by atoms with Crippen LogP contribution in [-0.4, -0.2) is 18.4 Å². The number of benzene rings is 3. The first-order chi connectivity index (χ1) is 13.6. The monoisotopic (exact) mass is 377 g/mol. The SMILES string of the molecule is O=C(CNc1ccc(F)cc1)Nc1cccc(C(=O)NCc2ccccc2)c1. The Morgan fingerprint density at radius 3 is 2.32 bits per heavy atom. The molecule has 142 valence electrons. The minimum absolute atomic E-state index is 0.0239. The molecule has 0 bridgehead atoms. The maximum absolute atomic E-state index is 12.9. The van der Waals surface area contributed by atoms with Gasteiger partial charge in [0.15, 0.2) is 0 Å². The zero-order chi connectivity index (χ0) is 19.8. The molecular weight excluding hydrogens is 357 g/mol. The average Bonchev–Trinajstić information content (AvgIpc) is 2.72. The van der Waals surface area contributed by atoms with Crippen LogP contribution in [0.3, 0.4) is 0 Å². The molecule has 0 spiro atoms. The summed E-state index contributed by atoms with van der Waals surface area (Å²) in [4.78, 5) is 24.4. The Balaban J connectivity index is 1.52. The van der Waals surface area contributed by atoms with E-state index >= 15 is 0 Å². The maximum atomic E-state index is 12.9. The van der Waals surface area contributed by atoms with E-state index in [1.807, 2.05) is 30.3 Å². The number of halogens is 1. The molecule has 28 heavy (non-hydrogen) atoms. The number of anilines is 2. The standard InChI is InChI=1S/C22H20FN3O2/c23-18-9-11-19(12-10-18)24-15-21(27)26-20-8-4-7-17(13-20)22(28)25-14-16-5-2-1-3-6-16/h1-13,24H,14-15H2,(H,25,28)(H,26,27). The minimum atomic E-state index is -0.336. The maximum Gasteiger partial charge on any atom is 0.251 e. The molecule has 0 radical (unpaired) electrons. The van der Waals surface area contributed by atoms with Crippen LogP contribution in [0.4, 0.5) is 15.8 Å². The van der Waals surface area contributed by atoms with Gasteiger partial charge in [-0.3, -0.25) is 9.59 Å². The summed E-state index contributed by atoms with van der Waals surface area (Å²) in [7, 11) is 0. The normalized spacial score (nSPS) is 10.2. The number of hydrogen-bond donors (Lipinski definition) is 3. The predicted molar refractivity (Wildman–Crippen MR) is 108 cm³/mol. The first-order valence-corrected chi connectivity index (χ1v) is 8.81. The van der Waals surface area contributed by atoms with E-state index in [1.54, 1.807) is 36.4 Å². The van der Waals surface area contributed by atoms with Gasteiger partial charge < -0.3 is 16.0 Å². The number of nitrogens with one attached hydrogen (secondary N) is 3. The van der Waals surface area contributed by atoms with Crippen LogP contribution in [0.1, 0.15) is 15.9 Å². The summed E-state index contributed by atoms with van der Waals surface area (Å²) < 4.78 is 12.9. The molecule has 0 aliphatic heterocycles. The van der Waals surface area contributed by atoms with Crippen molar-refractivity contribution in [1.82, 2.24) is 5.32 Å². The van der Waals surface area contributed by atoms with Gasteiger partial charge in [0.2, 0.25) is 5.91 Å². The van der Waals surface area contributed by atoms with E-state index in [0.717, 1.165) is 5.56 Å². The number of rotatable bonds is 7. The third kappa shape index (κ3) is 5.67. The van der Waals surface area contributed by atoms with Crippen molar-refractivity contribution in [1.29, 1.82) is 0 Å². The number of carbonyl (C=O) groups excluding carboxylic acids is 2. The summed E-state index contributed by atoms with van der Waals surface area (Å²) in [5.41, 5.74) is 2.64. The summed E-state index contributed by atoms with van der Waals surface area (Å²) in [6, 6.07) is 22.1. The summed E-state index contributed by atoms with van der Waals surface area (Å²) in [6.07, 6.45) is 0. The molecule has 0 saturated heterocycles. The van der Waals surface area contributed by atoms with E-state index in [1.165, 1.54) is 12.1 Å². The Labute approximate surface area is 162 Å². The fraction of sp³-hybridized carbons (Fsp3) is 0.0909. The van der Waals surface area contributed by atoms with E-state index in [2.05, 4.69) is 16.0 Å². The Morgan fingerprint density at radius 1 is 0.821 bits per heavy atom. The van der Waals surface area contributed by atoms with Crippen molar-refractivity contribution >= 4 is 23.2 Å². The molecule has 0 heterocycles. The first-order valence-electron chi connectivity index (χ1n) is 8.81. The van der Waals surface area contributed by atoms with Crippen molar-refractivity contribution < 1.29 is 14.0 Å². The molecule has 0 aliphatic carbocycles. The molecule has 0 aromatic heterocycles. The van der Waals surface area contributed by atoms with Gasteiger partial charge in [0.05, 0.1) is 6.54 Å². The Kier molecular flexibility index (Phi) is 6.36. The fourth-order valence-corrected chi connectivity index (χ4v) is 2.57. The van der Waals surface area contributed by atoms with Crippen LogP contribution in [0, 0.1) is 5.82 Å². The van der Waals surface area contributed by atoms with Gasteiger partial charge in [-0.25, -0.2) is 4.39 Å². The second-order valence-corrected chi connectivity index (χ2v) is 6.16. The molecule has 3 N–H and O–H groups in total. The van der Waals surface area contributed by atoms with Crippen LogP contribution >= 0.6 is 0 Å². The number of amides is 2. The highest BCUT2D eigenvalue weighted by Gasteiger charge is 2.08. The second-order valence-electron chi connectivity index (χ2n) is 6.16. The average molecular weight is 377 g/mol. The molecule has 6 heteroatoms. The highest BCUT2D eigenvalue weighted by molar-refractivity contribution is 5.98. The first kappa shape index (κ1) is 19.1. The lowest BCUT2D eigenvalue weighted by molar-refractivity contribution is -0.114. The van der Waals surface area contributed by atoms with Crippen molar-refractivity contribution in [2.45, 2.75) is 6.54 Å². The van der Waals surface area contributed by atoms with Crippen LogP contribution in [0.15, 0.2) is 78.9 Å². The third-order valence-electron chi connectivity index (χ3n) is 4.00. The van der Waals surface area contributed by atoms with Crippen LogP contribution in [0.2, 0.25) is 0 Å². The van der Waals surface area contributed by atoms with Gasteiger partial charge in [-0.05, 0) is 48.0 Å². The van der Waals surface area contributed by atoms with Gasteiger partial charge in [0.25, 0.3) is 5.91 Å². The molecule has 0 unspecified atom stereocenters. The molecule has 5 nitrogen and oxygen atoms in total. The largest absolute Gasteiger partial charge is 0.376 e. The van der Waals surface area contributed by atoms with E-state index < -0.39 is 0 Å². The zero-order valence-electron chi connectivity index (χ0n) is 15.1. The molecule has 0 atom stereocenters. The lowest BCUT2D eigenvalue weighted by Crippen LogP contribution is -2.24. The minimum Gasteiger partial charge on any atom is -0.376 e. The lowest BCUT2D eigenvalue weighted by Gasteiger charge is -2.10. The van der Waals surface area contributed by atoms with Crippen molar-refractivity contribution in [3.8, 4) is 0 Å². The quantitative estimate of drug-likeness (QED) is 0.586. The predicted octanol–water partition coefficient (Wildman–Crippen LogP) is 3.81. The van der Waals surface area contributed by atoms with Crippen molar-refractivity contribution in [3.05, 3.63) is 95.8 Å². The smallest absolute Gasteiger partial charge is 0.251 e. The van der Waals surface area contributed by atoms with Crippen LogP contribution in [0.5, 0.6) is 0 Å². The van der Waals surface area contributed by atoms with Gasteiger partial charge in [0, 0.05) is 23.5 Å². The van der Waals surface area contributed by atoms with Gasteiger partial charge in [-0.15, -0.1) is 0 Å². The highest BCUT2D eigenvalue weighted by Crippen LogP contribution is 2.12. The lowest BCUT2D eigenvalue weighted by atomic mass is 10.1. The molecule has 0 aliphatic rings. The zero-order valence-corrected chi connectivity index (χ0v) is 15.1. The summed E-state index contributed by atoms with van der Waals surface area (Å²) in [5.74, 6) is -0.826. The molecular formula is C22H20FN3O2. The van der Waals surface area contributed by atoms with Crippen molar-refractivity contribution in [2.75, 3.05) is 17.2 Å². The molecule has 3 rings (SSSR count). The van der Waals surface area contributed by atoms with Gasteiger partial charge in [-0.2, -0.15) is 0 Å². The van der Waals surface area contributed by atoms with E-state index in [-0.39, 0.29) is 24.2 Å². The summed E-state index contributed by atoms with van der Waals surface area (Å²) in [6.45, 7) is 0.452. The number of carbonyl (C=O) groups is 2. The van der Waals surface area contributed by atoms with Crippen molar-refractivity contribution in [2.24, 2.45) is 0 Å². The molecule has 3 aromatic carbocycles. The second kappa shape index (κ2) is 9.32. The summed E-state index contributed by atoms with van der Waals surface area (Å²) >= 11 is 0. The summed E-state index contributed by atoms with van der Waals surface area (Å²) in [5, 5.41) is 8.50. The highest BCUT2D eigenvalue weighted by atomic mass is 19.1. The Morgan fingerprint density at radius 2 is 1.57 bits per heavy atom. The molecule has 0 fully saturated rings. The molecule has 2 amide bonds. The Hall–Kier alpha value is -3.67. The molecule has 3 aromatic rings. The van der Waals surface area contributed by atoms with Crippen LogP contribution < -0.4 is 16.0 Å². The van der Waals surface area contributed by atoms with E-state index in [9.17, 15) is 14.0 Å². The van der Waals surface area contributed by atoms with Crippen LogP contribution in [-0.2, 0) is 11.3 Å². The van der Waals surface area contributed by atoms with Gasteiger partial charge in [-0.1, -0.05) is 36.4 Å². The van der Waals surface area contributed by atoms with E-state index in [4.69, 9.17) is 0 Å². The van der Waals surface area contributed by atoms with Gasteiger partial charge >= 0.3 is 0 Å². The fourth-order valence-electron chi connectivity index (χ4n) is 2.57. The van der Waals surface area contributed by atoms with Crippen molar-refractivity contribution in [3.63, 3.8) is 0 Å². The Bertz CT molecular complexity index is 944. The van der Waals surface area contributed by atoms with Crippen LogP contribution in [0.25, 0.3) is 0 Å².